The van der Waals surface area contributed by atoms with Crippen LogP contribution in [0.4, 0.5) is 4.79 Å². The minimum absolute atomic E-state index is 0.0479. The predicted octanol–water partition coefficient (Wildman–Crippen LogP) is 1.96. The molecule has 0 spiro atoms. The van der Waals surface area contributed by atoms with Crippen molar-refractivity contribution in [2.45, 2.75) is 31.0 Å². The van der Waals surface area contributed by atoms with Crippen molar-refractivity contribution in [3.8, 4) is 5.75 Å². The van der Waals surface area contributed by atoms with Crippen LogP contribution in [0.3, 0.4) is 0 Å². The lowest BCUT2D eigenvalue weighted by atomic mass is 10.0. The molecular formula is C27H27N3O9S. The largest absolute Gasteiger partial charge is 0.497 e. The average Bonchev–Trinajstić information content (AvgIpc) is 2.96. The van der Waals surface area contributed by atoms with Crippen molar-refractivity contribution in [3.63, 3.8) is 0 Å². The quantitative estimate of drug-likeness (QED) is 0.285. The molecule has 2 aromatic rings. The van der Waals surface area contributed by atoms with Gasteiger partial charge < -0.3 is 30.0 Å². The number of rotatable bonds is 10. The molecular weight excluding hydrogens is 542 g/mol. The van der Waals surface area contributed by atoms with Crippen LogP contribution in [0.15, 0.2) is 65.9 Å². The van der Waals surface area contributed by atoms with E-state index < -0.39 is 47.3 Å². The molecule has 0 radical (unpaired) electrons. The number of carboxylic acid groups (broad SMARTS) is 1. The second kappa shape index (κ2) is 12.6. The predicted molar refractivity (Wildman–Crippen MR) is 142 cm³/mol. The number of ether oxygens (including phenoxy) is 3. The van der Waals surface area contributed by atoms with Gasteiger partial charge in [-0.3, -0.25) is 19.3 Å². The third kappa shape index (κ3) is 6.37. The number of hydrogen-bond donors (Lipinski definition) is 3. The Morgan fingerprint density at radius 2 is 1.75 bits per heavy atom. The normalized spacial score (nSPS) is 18.6. The number of carbonyl (C=O) groups excluding carboxylic acids is 4. The lowest BCUT2D eigenvalue weighted by Crippen LogP contribution is -2.71. The van der Waals surface area contributed by atoms with E-state index in [4.69, 9.17) is 14.2 Å². The van der Waals surface area contributed by atoms with Crippen LogP contribution in [0.25, 0.3) is 0 Å². The maximum absolute atomic E-state index is 13.3. The summed E-state index contributed by atoms with van der Waals surface area (Å²) in [6, 6.07) is 13.1. The fraction of sp³-hybridized carbons (Fsp3) is 0.296. The van der Waals surface area contributed by atoms with Gasteiger partial charge >= 0.3 is 18.0 Å². The second-order valence-electron chi connectivity index (χ2n) is 8.85. The molecule has 0 aromatic heterocycles. The number of fused-ring (bicyclic) bond motifs is 1. The van der Waals surface area contributed by atoms with Gasteiger partial charge in [0.2, 0.25) is 5.91 Å². The fourth-order valence-corrected chi connectivity index (χ4v) is 5.52. The molecule has 1 saturated heterocycles. The number of aliphatic carboxylic acids is 1. The molecule has 2 aliphatic rings. The zero-order valence-corrected chi connectivity index (χ0v) is 22.4. The molecule has 2 aromatic carbocycles. The molecule has 13 heteroatoms. The topological polar surface area (TPSA) is 161 Å². The van der Waals surface area contributed by atoms with Gasteiger partial charge in [0.15, 0.2) is 0 Å². The minimum atomic E-state index is -1.34. The summed E-state index contributed by atoms with van der Waals surface area (Å²) in [6.07, 6.45) is -0.848. The third-order valence-corrected chi connectivity index (χ3v) is 7.52. The maximum atomic E-state index is 13.3. The van der Waals surface area contributed by atoms with Crippen molar-refractivity contribution < 1.29 is 43.3 Å². The number of nitrogens with zero attached hydrogens (tertiary/aromatic N) is 1. The molecule has 40 heavy (non-hydrogen) atoms. The standard InChI is InChI=1S/C27H27N3O9S/c1-15(31)38-13-18-14-40-25-21(24(33)30(25)22(18)26(34)35)28-23(32)20(17-6-4-3-5-7-17)29-27(36)39-12-16-8-10-19(37-2)11-9-16/h3-11,20-21,25H,12-14H2,1-2H3,(H,28,32)(H,29,36)(H,34,35)/t20?,21-,25+/m0/s1. The second-order valence-corrected chi connectivity index (χ2v) is 9.95. The molecule has 2 heterocycles. The first-order valence-corrected chi connectivity index (χ1v) is 13.2. The van der Waals surface area contributed by atoms with E-state index in [0.717, 1.165) is 4.90 Å². The van der Waals surface area contributed by atoms with Gasteiger partial charge in [0.05, 0.1) is 7.11 Å². The van der Waals surface area contributed by atoms with Crippen LogP contribution >= 0.6 is 11.8 Å². The van der Waals surface area contributed by atoms with Gasteiger partial charge in [-0.05, 0) is 23.3 Å². The van der Waals surface area contributed by atoms with Crippen LogP contribution in [-0.4, -0.2) is 70.7 Å². The third-order valence-electron chi connectivity index (χ3n) is 6.18. The number of amides is 3. The van der Waals surface area contributed by atoms with Crippen LogP contribution in [0, 0.1) is 0 Å². The van der Waals surface area contributed by atoms with Crippen molar-refractivity contribution in [1.29, 1.82) is 0 Å². The number of carbonyl (C=O) groups is 5. The Morgan fingerprint density at radius 1 is 1.05 bits per heavy atom. The van der Waals surface area contributed by atoms with E-state index in [0.29, 0.717) is 16.9 Å². The van der Waals surface area contributed by atoms with Crippen molar-refractivity contribution in [2.24, 2.45) is 0 Å². The maximum Gasteiger partial charge on any atom is 0.408 e. The number of thioether (sulfide) groups is 1. The molecule has 3 amide bonds. The van der Waals surface area contributed by atoms with Crippen molar-refractivity contribution >= 4 is 41.6 Å². The monoisotopic (exact) mass is 569 g/mol. The highest BCUT2D eigenvalue weighted by Gasteiger charge is 2.54. The van der Waals surface area contributed by atoms with Crippen molar-refractivity contribution in [1.82, 2.24) is 15.5 Å². The molecule has 12 nitrogen and oxygen atoms in total. The molecule has 0 saturated carbocycles. The minimum Gasteiger partial charge on any atom is -0.497 e. The Labute approximate surface area is 233 Å². The van der Waals surface area contributed by atoms with Crippen molar-refractivity contribution in [3.05, 3.63) is 77.0 Å². The highest BCUT2D eigenvalue weighted by atomic mass is 32.2. The number of alkyl carbamates (subject to hydrolysis) is 1. The Bertz CT molecular complexity index is 1330. The summed E-state index contributed by atoms with van der Waals surface area (Å²) in [7, 11) is 1.54. The van der Waals surface area contributed by atoms with Gasteiger partial charge in [0, 0.05) is 18.2 Å². The lowest BCUT2D eigenvalue weighted by molar-refractivity contribution is -0.151. The Balaban J connectivity index is 1.44. The highest BCUT2D eigenvalue weighted by Crippen LogP contribution is 2.40. The van der Waals surface area contributed by atoms with Gasteiger partial charge in [-0.2, -0.15) is 0 Å². The molecule has 3 atom stereocenters. The van der Waals surface area contributed by atoms with E-state index in [-0.39, 0.29) is 30.2 Å². The SMILES string of the molecule is COc1ccc(COC(=O)NC(C(=O)N[C@H]2C(=O)N3C(C(=O)O)=C(COC(C)=O)CS[C@H]23)c2ccccc2)cc1. The number of hydrogen-bond acceptors (Lipinski definition) is 9. The molecule has 1 unspecified atom stereocenters. The summed E-state index contributed by atoms with van der Waals surface area (Å²) in [5.41, 5.74) is 1.18. The van der Waals surface area contributed by atoms with Gasteiger partial charge in [0.1, 0.15) is 42.1 Å². The van der Waals surface area contributed by atoms with Crippen LogP contribution in [0.2, 0.25) is 0 Å². The van der Waals surface area contributed by atoms with E-state index >= 15 is 0 Å². The zero-order valence-electron chi connectivity index (χ0n) is 21.6. The van der Waals surface area contributed by atoms with E-state index in [9.17, 15) is 29.1 Å². The molecule has 210 valence electrons. The molecule has 3 N–H and O–H groups in total. The van der Waals surface area contributed by atoms with E-state index in [1.54, 1.807) is 61.7 Å². The first kappa shape index (κ1) is 28.5. The van der Waals surface area contributed by atoms with E-state index in [1.807, 2.05) is 0 Å². The summed E-state index contributed by atoms with van der Waals surface area (Å²) in [5.74, 6) is -2.37. The summed E-state index contributed by atoms with van der Waals surface area (Å²) in [4.78, 5) is 63.1. The number of benzene rings is 2. The molecule has 0 aliphatic carbocycles. The van der Waals surface area contributed by atoms with Crippen LogP contribution < -0.4 is 15.4 Å². The Morgan fingerprint density at radius 3 is 2.38 bits per heavy atom. The molecule has 1 fully saturated rings. The smallest absolute Gasteiger partial charge is 0.408 e. The zero-order chi connectivity index (χ0) is 28.8. The fourth-order valence-electron chi connectivity index (χ4n) is 4.20. The lowest BCUT2D eigenvalue weighted by Gasteiger charge is -2.49. The van der Waals surface area contributed by atoms with Crippen LogP contribution in [-0.2, 0) is 35.3 Å². The Hall–Kier alpha value is -4.52. The number of nitrogens with one attached hydrogen (secondary N) is 2. The average molecular weight is 570 g/mol. The van der Waals surface area contributed by atoms with E-state index in [2.05, 4.69) is 10.6 Å². The van der Waals surface area contributed by atoms with Crippen molar-refractivity contribution in [2.75, 3.05) is 19.5 Å². The van der Waals surface area contributed by atoms with Crippen LogP contribution in [0.5, 0.6) is 5.75 Å². The van der Waals surface area contributed by atoms with Crippen LogP contribution in [0.1, 0.15) is 24.1 Å². The van der Waals surface area contributed by atoms with Gasteiger partial charge in [-0.1, -0.05) is 42.5 Å². The molecule has 4 rings (SSSR count). The summed E-state index contributed by atoms with van der Waals surface area (Å²) in [6.45, 7) is 0.899. The molecule has 2 aliphatic heterocycles. The summed E-state index contributed by atoms with van der Waals surface area (Å²) < 4.78 is 15.3. The summed E-state index contributed by atoms with van der Waals surface area (Å²) >= 11 is 1.23. The van der Waals surface area contributed by atoms with Gasteiger partial charge in [0.25, 0.3) is 5.91 Å². The Kier molecular flexibility index (Phi) is 8.94. The highest BCUT2D eigenvalue weighted by molar-refractivity contribution is 8.00. The van der Waals surface area contributed by atoms with Gasteiger partial charge in [-0.15, -0.1) is 11.8 Å². The number of esters is 1. The first-order chi connectivity index (χ1) is 19.2. The summed E-state index contributed by atoms with van der Waals surface area (Å²) in [5, 5.41) is 14.2. The number of carboxylic acids is 1. The van der Waals surface area contributed by atoms with E-state index in [1.165, 1.54) is 18.7 Å². The molecule has 0 bridgehead atoms. The number of methoxy groups -OCH3 is 1. The van der Waals surface area contributed by atoms with Gasteiger partial charge in [-0.25, -0.2) is 9.59 Å². The number of β-lactam (4-membered cyclic amide) rings is 1. The first-order valence-electron chi connectivity index (χ1n) is 12.1.